The maximum atomic E-state index is 12.8. The van der Waals surface area contributed by atoms with Gasteiger partial charge in [-0.05, 0) is 36.6 Å². The number of hydrogen-bond acceptors (Lipinski definition) is 4. The number of nitrogens with zero attached hydrogens (tertiary/aromatic N) is 3. The van der Waals surface area contributed by atoms with Crippen LogP contribution in [0.4, 0.5) is 11.4 Å². The Morgan fingerprint density at radius 1 is 1.11 bits per heavy atom. The zero-order chi connectivity index (χ0) is 19.4. The van der Waals surface area contributed by atoms with E-state index in [2.05, 4.69) is 42.3 Å². The summed E-state index contributed by atoms with van der Waals surface area (Å²) in [5.41, 5.74) is 4.75. The monoisotopic (exact) mass is 366 g/mol. The van der Waals surface area contributed by atoms with Crippen LogP contribution in [0.1, 0.15) is 35.5 Å². The summed E-state index contributed by atoms with van der Waals surface area (Å²) in [7, 11) is 0. The molecule has 1 N–H and O–H groups in total. The smallest absolute Gasteiger partial charge is 0.272 e. The van der Waals surface area contributed by atoms with E-state index in [1.165, 1.54) is 11.1 Å². The van der Waals surface area contributed by atoms with Gasteiger partial charge in [-0.15, -0.1) is 0 Å². The van der Waals surface area contributed by atoms with Crippen LogP contribution in [-0.4, -0.2) is 52.8 Å². The number of carbonyl (C=O) groups is 2. The Kier molecular flexibility index (Phi) is 5.74. The lowest BCUT2D eigenvalue weighted by Gasteiger charge is -2.34. The molecule has 27 heavy (non-hydrogen) atoms. The summed E-state index contributed by atoms with van der Waals surface area (Å²) in [4.78, 5) is 32.0. The molecule has 0 aliphatic carbocycles. The van der Waals surface area contributed by atoms with Crippen molar-refractivity contribution >= 4 is 23.2 Å². The van der Waals surface area contributed by atoms with E-state index >= 15 is 0 Å². The summed E-state index contributed by atoms with van der Waals surface area (Å²) in [6.07, 6.45) is 2.59. The van der Waals surface area contributed by atoms with Gasteiger partial charge in [0, 0.05) is 50.7 Å². The van der Waals surface area contributed by atoms with Gasteiger partial charge in [0.05, 0.1) is 0 Å². The van der Waals surface area contributed by atoms with E-state index in [-0.39, 0.29) is 11.8 Å². The summed E-state index contributed by atoms with van der Waals surface area (Å²) in [6, 6.07) is 9.91. The first kappa shape index (κ1) is 18.9. The number of carbonyl (C=O) groups excluding carboxylic acids is 2. The Bertz CT molecular complexity index is 842. The van der Waals surface area contributed by atoms with Crippen LogP contribution in [0.3, 0.4) is 0 Å². The largest absolute Gasteiger partial charge is 0.355 e. The summed E-state index contributed by atoms with van der Waals surface area (Å²) in [5, 5.41) is 3.45. The maximum Gasteiger partial charge on any atom is 0.272 e. The third kappa shape index (κ3) is 4.27. The maximum absolute atomic E-state index is 12.8. The highest BCUT2D eigenvalue weighted by molar-refractivity contribution is 5.93. The predicted molar refractivity (Wildman–Crippen MR) is 106 cm³/mol. The van der Waals surface area contributed by atoms with Gasteiger partial charge >= 0.3 is 0 Å². The van der Waals surface area contributed by atoms with Gasteiger partial charge in [-0.1, -0.05) is 25.1 Å². The number of aryl methyl sites for hydroxylation is 2. The van der Waals surface area contributed by atoms with E-state index in [0.717, 1.165) is 17.8 Å². The third-order valence-corrected chi connectivity index (χ3v) is 5.00. The highest BCUT2D eigenvalue weighted by Gasteiger charge is 2.24. The van der Waals surface area contributed by atoms with Crippen LogP contribution in [-0.2, 0) is 11.2 Å². The van der Waals surface area contributed by atoms with E-state index in [0.29, 0.717) is 31.9 Å². The van der Waals surface area contributed by atoms with Crippen LogP contribution in [0.5, 0.6) is 0 Å². The molecule has 0 radical (unpaired) electrons. The molecule has 142 valence electrons. The van der Waals surface area contributed by atoms with Crippen LogP contribution in [0.15, 0.2) is 36.5 Å². The molecule has 6 heteroatoms. The first-order valence-corrected chi connectivity index (χ1v) is 9.36. The molecule has 1 aliphatic heterocycles. The molecule has 2 heterocycles. The molecule has 0 bridgehead atoms. The van der Waals surface area contributed by atoms with Gasteiger partial charge in [0.15, 0.2) is 0 Å². The van der Waals surface area contributed by atoms with Gasteiger partial charge in [0.2, 0.25) is 5.91 Å². The van der Waals surface area contributed by atoms with Gasteiger partial charge in [0.1, 0.15) is 5.69 Å². The zero-order valence-electron chi connectivity index (χ0n) is 16.2. The highest BCUT2D eigenvalue weighted by atomic mass is 16.2. The quantitative estimate of drug-likeness (QED) is 0.903. The lowest BCUT2D eigenvalue weighted by atomic mass is 10.1. The van der Waals surface area contributed by atoms with Crippen molar-refractivity contribution in [3.8, 4) is 0 Å². The number of benzene rings is 1. The zero-order valence-corrected chi connectivity index (χ0v) is 16.2. The van der Waals surface area contributed by atoms with Gasteiger partial charge in [-0.3, -0.25) is 14.6 Å². The number of amides is 2. The van der Waals surface area contributed by atoms with Crippen molar-refractivity contribution < 1.29 is 9.59 Å². The highest BCUT2D eigenvalue weighted by Crippen LogP contribution is 2.25. The molecule has 2 aromatic rings. The standard InChI is InChI=1S/C21H26N4O2/c1-4-17-7-5-6-15(2)20(17)23-18-8-9-22-19(14-18)21(27)25-12-10-24(11-13-25)16(3)26/h5-9,14H,4,10-13H2,1-3H3,(H,22,23). The molecule has 1 aromatic carbocycles. The second kappa shape index (κ2) is 8.20. The molecular formula is C21H26N4O2. The third-order valence-electron chi connectivity index (χ3n) is 5.00. The van der Waals surface area contributed by atoms with Crippen molar-refractivity contribution in [2.45, 2.75) is 27.2 Å². The summed E-state index contributed by atoms with van der Waals surface area (Å²) in [6.45, 7) is 7.98. The lowest BCUT2D eigenvalue weighted by Crippen LogP contribution is -2.50. The molecule has 1 fully saturated rings. The molecule has 3 rings (SSSR count). The van der Waals surface area contributed by atoms with Gasteiger partial charge < -0.3 is 15.1 Å². The Balaban J connectivity index is 1.75. The van der Waals surface area contributed by atoms with Crippen LogP contribution < -0.4 is 5.32 Å². The number of hydrogen-bond donors (Lipinski definition) is 1. The van der Waals surface area contributed by atoms with Crippen LogP contribution >= 0.6 is 0 Å². The van der Waals surface area contributed by atoms with Crippen molar-refractivity contribution in [1.82, 2.24) is 14.8 Å². The predicted octanol–water partition coefficient (Wildman–Crippen LogP) is 3.00. The van der Waals surface area contributed by atoms with E-state index < -0.39 is 0 Å². The van der Waals surface area contributed by atoms with E-state index in [1.807, 2.05) is 6.07 Å². The Labute approximate surface area is 160 Å². The Hall–Kier alpha value is -2.89. The molecule has 0 unspecified atom stereocenters. The van der Waals surface area contributed by atoms with Crippen molar-refractivity contribution in [2.75, 3.05) is 31.5 Å². The average molecular weight is 366 g/mol. The van der Waals surface area contributed by atoms with Crippen molar-refractivity contribution in [3.05, 3.63) is 53.3 Å². The molecule has 1 aromatic heterocycles. The second-order valence-corrected chi connectivity index (χ2v) is 6.82. The number of anilines is 2. The summed E-state index contributed by atoms with van der Waals surface area (Å²) in [5.74, 6) is -0.0428. The first-order chi connectivity index (χ1) is 13.0. The molecule has 0 atom stereocenters. The molecule has 1 aliphatic rings. The molecular weight excluding hydrogens is 340 g/mol. The molecule has 2 amide bonds. The minimum absolute atomic E-state index is 0.0522. The fourth-order valence-corrected chi connectivity index (χ4v) is 3.36. The lowest BCUT2D eigenvalue weighted by molar-refractivity contribution is -0.130. The number of piperazine rings is 1. The normalized spacial score (nSPS) is 14.2. The van der Waals surface area contributed by atoms with Crippen molar-refractivity contribution in [1.29, 1.82) is 0 Å². The molecule has 0 saturated carbocycles. The number of pyridine rings is 1. The summed E-state index contributed by atoms with van der Waals surface area (Å²) >= 11 is 0. The Morgan fingerprint density at radius 3 is 2.48 bits per heavy atom. The van der Waals surface area contributed by atoms with Gasteiger partial charge in [-0.25, -0.2) is 0 Å². The van der Waals surface area contributed by atoms with Crippen molar-refractivity contribution in [2.24, 2.45) is 0 Å². The van der Waals surface area contributed by atoms with E-state index in [9.17, 15) is 9.59 Å². The first-order valence-electron chi connectivity index (χ1n) is 9.36. The Morgan fingerprint density at radius 2 is 1.81 bits per heavy atom. The van der Waals surface area contributed by atoms with Gasteiger partial charge in [0.25, 0.3) is 5.91 Å². The van der Waals surface area contributed by atoms with Crippen LogP contribution in [0.2, 0.25) is 0 Å². The SMILES string of the molecule is CCc1cccc(C)c1Nc1ccnc(C(=O)N2CCN(C(C)=O)CC2)c1. The van der Waals surface area contributed by atoms with Crippen molar-refractivity contribution in [3.63, 3.8) is 0 Å². The minimum atomic E-state index is -0.0950. The molecule has 1 saturated heterocycles. The molecule has 0 spiro atoms. The number of rotatable bonds is 4. The second-order valence-electron chi connectivity index (χ2n) is 6.82. The topological polar surface area (TPSA) is 65.5 Å². The fourth-order valence-electron chi connectivity index (χ4n) is 3.36. The minimum Gasteiger partial charge on any atom is -0.355 e. The van der Waals surface area contributed by atoms with Crippen LogP contribution in [0, 0.1) is 6.92 Å². The fraction of sp³-hybridized carbons (Fsp3) is 0.381. The number of aromatic nitrogens is 1. The average Bonchev–Trinajstić information content (AvgIpc) is 2.69. The van der Waals surface area contributed by atoms with E-state index in [4.69, 9.17) is 0 Å². The van der Waals surface area contributed by atoms with Crippen LogP contribution in [0.25, 0.3) is 0 Å². The van der Waals surface area contributed by atoms with Gasteiger partial charge in [-0.2, -0.15) is 0 Å². The molecule has 6 nitrogen and oxygen atoms in total. The number of para-hydroxylation sites is 1. The van der Waals surface area contributed by atoms with E-state index in [1.54, 1.807) is 29.0 Å². The number of nitrogens with one attached hydrogen (secondary N) is 1. The summed E-state index contributed by atoms with van der Waals surface area (Å²) < 4.78 is 0.